The molecule has 5 nitrogen and oxygen atoms in total. The lowest BCUT2D eigenvalue weighted by atomic mass is 9.87. The third-order valence-corrected chi connectivity index (χ3v) is 3.09. The van der Waals surface area contributed by atoms with Gasteiger partial charge in [0.05, 0.1) is 0 Å². The smallest absolute Gasteiger partial charge is 0.410 e. The molecule has 1 rings (SSSR count). The van der Waals surface area contributed by atoms with Crippen LogP contribution in [-0.4, -0.2) is 41.3 Å². The van der Waals surface area contributed by atoms with Gasteiger partial charge in [0.1, 0.15) is 12.6 Å². The van der Waals surface area contributed by atoms with Crippen LogP contribution in [0.15, 0.2) is 12.7 Å². The summed E-state index contributed by atoms with van der Waals surface area (Å²) in [5.41, 5.74) is 0. The molecule has 0 aromatic heterocycles. The van der Waals surface area contributed by atoms with Gasteiger partial charge in [-0.05, 0) is 18.8 Å². The van der Waals surface area contributed by atoms with Crippen molar-refractivity contribution in [2.75, 3.05) is 13.2 Å². The van der Waals surface area contributed by atoms with Gasteiger partial charge in [0.15, 0.2) is 0 Å². The summed E-state index contributed by atoms with van der Waals surface area (Å²) in [6.07, 6.45) is 3.33. The topological polar surface area (TPSA) is 66.8 Å². The van der Waals surface area contributed by atoms with E-state index in [1.165, 1.54) is 11.0 Å². The zero-order valence-corrected chi connectivity index (χ0v) is 10.1. The Bertz CT molecular complexity index is 303. The second-order valence-electron chi connectivity index (χ2n) is 4.15. The first-order valence-corrected chi connectivity index (χ1v) is 5.88. The van der Waals surface area contributed by atoms with E-state index >= 15 is 0 Å². The van der Waals surface area contributed by atoms with Crippen LogP contribution in [0.2, 0.25) is 0 Å². The van der Waals surface area contributed by atoms with Gasteiger partial charge in [0, 0.05) is 6.54 Å². The number of carboxylic acids is 1. The Morgan fingerprint density at radius 1 is 1.59 bits per heavy atom. The molecular formula is C12H19NO4. The number of nitrogens with zero attached hydrogens (tertiary/aromatic N) is 1. The van der Waals surface area contributed by atoms with E-state index in [0.717, 1.165) is 19.3 Å². The zero-order chi connectivity index (χ0) is 12.8. The first-order chi connectivity index (χ1) is 8.11. The number of likely N-dealkylation sites (tertiary alicyclic amines) is 1. The number of aliphatic carboxylic acids is 1. The summed E-state index contributed by atoms with van der Waals surface area (Å²) in [6.45, 7) is 5.95. The first kappa shape index (κ1) is 13.5. The molecule has 1 saturated heterocycles. The van der Waals surface area contributed by atoms with E-state index in [2.05, 4.69) is 6.58 Å². The Labute approximate surface area is 101 Å². The second-order valence-corrected chi connectivity index (χ2v) is 4.15. The predicted octanol–water partition coefficient (Wildman–Crippen LogP) is 1.88. The van der Waals surface area contributed by atoms with E-state index < -0.39 is 18.1 Å². The molecule has 0 radical (unpaired) electrons. The van der Waals surface area contributed by atoms with Crippen LogP contribution in [0, 0.1) is 5.92 Å². The maximum atomic E-state index is 11.7. The minimum absolute atomic E-state index is 0.0116. The summed E-state index contributed by atoms with van der Waals surface area (Å²) in [6, 6.07) is -0.758. The van der Waals surface area contributed by atoms with Crippen molar-refractivity contribution in [3.63, 3.8) is 0 Å². The van der Waals surface area contributed by atoms with Crippen LogP contribution in [-0.2, 0) is 9.53 Å². The van der Waals surface area contributed by atoms with Crippen molar-refractivity contribution in [2.24, 2.45) is 5.92 Å². The lowest BCUT2D eigenvalue weighted by Gasteiger charge is -2.37. The summed E-state index contributed by atoms with van der Waals surface area (Å²) in [4.78, 5) is 24.3. The molecule has 0 bridgehead atoms. The molecule has 2 atom stereocenters. The van der Waals surface area contributed by atoms with Crippen LogP contribution in [0.3, 0.4) is 0 Å². The molecule has 1 aliphatic heterocycles. The third kappa shape index (κ3) is 3.22. The largest absolute Gasteiger partial charge is 0.480 e. The van der Waals surface area contributed by atoms with Gasteiger partial charge in [-0.15, -0.1) is 0 Å². The fraction of sp³-hybridized carbons (Fsp3) is 0.667. The number of hydrogen-bond acceptors (Lipinski definition) is 3. The average Bonchev–Trinajstić information content (AvgIpc) is 2.34. The van der Waals surface area contributed by atoms with E-state index in [1.807, 2.05) is 6.92 Å². The fourth-order valence-corrected chi connectivity index (χ4v) is 2.26. The zero-order valence-electron chi connectivity index (χ0n) is 10.1. The van der Waals surface area contributed by atoms with Gasteiger partial charge in [-0.2, -0.15) is 0 Å². The minimum Gasteiger partial charge on any atom is -0.480 e. The number of carboxylic acid groups (broad SMARTS) is 1. The maximum Gasteiger partial charge on any atom is 0.410 e. The average molecular weight is 241 g/mol. The number of piperidine rings is 1. The molecular weight excluding hydrogens is 222 g/mol. The molecule has 1 heterocycles. The van der Waals surface area contributed by atoms with Gasteiger partial charge in [0.2, 0.25) is 0 Å². The first-order valence-electron chi connectivity index (χ1n) is 5.88. The van der Waals surface area contributed by atoms with Crippen molar-refractivity contribution >= 4 is 12.1 Å². The highest BCUT2D eigenvalue weighted by atomic mass is 16.6. The molecule has 0 aromatic rings. The van der Waals surface area contributed by atoms with Gasteiger partial charge in [-0.3, -0.25) is 4.90 Å². The SMILES string of the molecule is C=CCOC(=O)N1CCCC(CC)C1C(=O)O. The summed E-state index contributed by atoms with van der Waals surface area (Å²) < 4.78 is 4.91. The van der Waals surface area contributed by atoms with Crippen molar-refractivity contribution in [1.29, 1.82) is 0 Å². The minimum atomic E-state index is -0.952. The van der Waals surface area contributed by atoms with Gasteiger partial charge in [-0.1, -0.05) is 26.0 Å². The molecule has 96 valence electrons. The van der Waals surface area contributed by atoms with Crippen molar-refractivity contribution in [2.45, 2.75) is 32.2 Å². The number of rotatable bonds is 4. The summed E-state index contributed by atoms with van der Waals surface area (Å²) >= 11 is 0. The van der Waals surface area contributed by atoms with Gasteiger partial charge >= 0.3 is 12.1 Å². The number of carbonyl (C=O) groups excluding carboxylic acids is 1. The summed E-state index contributed by atoms with van der Waals surface area (Å²) in [7, 11) is 0. The molecule has 17 heavy (non-hydrogen) atoms. The van der Waals surface area contributed by atoms with Crippen LogP contribution >= 0.6 is 0 Å². The van der Waals surface area contributed by atoms with Gasteiger partial charge in [-0.25, -0.2) is 9.59 Å². The second kappa shape index (κ2) is 6.27. The molecule has 5 heteroatoms. The maximum absolute atomic E-state index is 11.7. The Morgan fingerprint density at radius 3 is 2.82 bits per heavy atom. The van der Waals surface area contributed by atoms with E-state index in [4.69, 9.17) is 4.74 Å². The Balaban J connectivity index is 2.76. The van der Waals surface area contributed by atoms with Crippen LogP contribution in [0.4, 0.5) is 4.79 Å². The van der Waals surface area contributed by atoms with Crippen LogP contribution in [0.5, 0.6) is 0 Å². The highest BCUT2D eigenvalue weighted by molar-refractivity contribution is 5.80. The molecule has 2 unspecified atom stereocenters. The van der Waals surface area contributed by atoms with E-state index in [9.17, 15) is 14.7 Å². The number of ether oxygens (including phenoxy) is 1. The van der Waals surface area contributed by atoms with Crippen molar-refractivity contribution in [3.05, 3.63) is 12.7 Å². The van der Waals surface area contributed by atoms with E-state index in [-0.39, 0.29) is 12.5 Å². The standard InChI is InChI=1S/C12H19NO4/c1-3-8-17-12(16)13-7-5-6-9(4-2)10(13)11(14)15/h3,9-10H,1,4-8H2,2H3,(H,14,15). The predicted molar refractivity (Wildman–Crippen MR) is 62.7 cm³/mol. The normalized spacial score (nSPS) is 24.2. The molecule has 1 N–H and O–H groups in total. The van der Waals surface area contributed by atoms with Crippen LogP contribution in [0.1, 0.15) is 26.2 Å². The summed E-state index contributed by atoms with van der Waals surface area (Å²) in [5.74, 6) is -0.940. The third-order valence-electron chi connectivity index (χ3n) is 3.09. The highest BCUT2D eigenvalue weighted by Gasteiger charge is 2.39. The lowest BCUT2D eigenvalue weighted by molar-refractivity contribution is -0.146. The summed E-state index contributed by atoms with van der Waals surface area (Å²) in [5, 5.41) is 9.21. The van der Waals surface area contributed by atoms with Crippen molar-refractivity contribution in [1.82, 2.24) is 4.90 Å². The van der Waals surface area contributed by atoms with Crippen molar-refractivity contribution in [3.8, 4) is 0 Å². The Kier molecular flexibility index (Phi) is 5.00. The quantitative estimate of drug-likeness (QED) is 0.763. The molecule has 0 saturated carbocycles. The van der Waals surface area contributed by atoms with Gasteiger partial charge < -0.3 is 9.84 Å². The molecule has 0 aliphatic carbocycles. The van der Waals surface area contributed by atoms with Crippen LogP contribution in [0.25, 0.3) is 0 Å². The highest BCUT2D eigenvalue weighted by Crippen LogP contribution is 2.27. The monoisotopic (exact) mass is 241 g/mol. The lowest BCUT2D eigenvalue weighted by Crippen LogP contribution is -2.52. The molecule has 1 aliphatic rings. The van der Waals surface area contributed by atoms with E-state index in [0.29, 0.717) is 6.54 Å². The number of hydrogen-bond donors (Lipinski definition) is 1. The van der Waals surface area contributed by atoms with E-state index in [1.54, 1.807) is 0 Å². The fourth-order valence-electron chi connectivity index (χ4n) is 2.26. The Morgan fingerprint density at radius 2 is 2.29 bits per heavy atom. The van der Waals surface area contributed by atoms with Gasteiger partial charge in [0.25, 0.3) is 0 Å². The Hall–Kier alpha value is -1.52. The van der Waals surface area contributed by atoms with Crippen molar-refractivity contribution < 1.29 is 19.4 Å². The van der Waals surface area contributed by atoms with Crippen LogP contribution < -0.4 is 0 Å². The molecule has 0 aromatic carbocycles. The number of amides is 1. The molecule has 1 fully saturated rings. The number of carbonyl (C=O) groups is 2. The molecule has 0 spiro atoms. The molecule has 1 amide bonds.